The molecule has 0 aromatic rings. The Morgan fingerprint density at radius 2 is 2.62 bits per heavy atom. The number of hydrogen-bond donors (Lipinski definition) is 1. The molecule has 0 radical (unpaired) electrons. The summed E-state index contributed by atoms with van der Waals surface area (Å²) in [6, 6.07) is 0. The van der Waals surface area contributed by atoms with Gasteiger partial charge in [-0.2, -0.15) is 0 Å². The highest BCUT2D eigenvalue weighted by Gasteiger charge is 2.11. The van der Waals surface area contributed by atoms with Crippen LogP contribution >= 0.6 is 0 Å². The van der Waals surface area contributed by atoms with Gasteiger partial charge in [0.15, 0.2) is 0 Å². The van der Waals surface area contributed by atoms with Crippen LogP contribution < -0.4 is 5.32 Å². The van der Waals surface area contributed by atoms with Crippen LogP contribution in [0.3, 0.4) is 0 Å². The Bertz CT molecular complexity index is 113. The molecule has 8 heavy (non-hydrogen) atoms. The maximum Gasteiger partial charge on any atom is 0.142 e. The maximum absolute atomic E-state index is 10.8. The number of nitrogens with one attached hydrogen (secondary N) is 1. The molecular weight excluding hydrogens is 122 g/mol. The molecular formula is C5H9NOS. The SMILES string of the molecule is CC1=CNCC[S+]1[O-]. The van der Waals surface area contributed by atoms with Gasteiger partial charge in [0.25, 0.3) is 0 Å². The van der Waals surface area contributed by atoms with E-state index in [2.05, 4.69) is 5.32 Å². The molecule has 0 saturated heterocycles. The summed E-state index contributed by atoms with van der Waals surface area (Å²) in [6.45, 7) is 2.73. The molecule has 0 aliphatic carbocycles. The Hall–Kier alpha value is -0.150. The lowest BCUT2D eigenvalue weighted by molar-refractivity contribution is 0.596. The third kappa shape index (κ3) is 1.17. The van der Waals surface area contributed by atoms with Crippen LogP contribution in [0, 0.1) is 0 Å². The first-order valence-electron chi connectivity index (χ1n) is 2.59. The highest BCUT2D eigenvalue weighted by molar-refractivity contribution is 7.95. The van der Waals surface area contributed by atoms with Crippen LogP contribution in [-0.4, -0.2) is 16.9 Å². The van der Waals surface area contributed by atoms with Crippen molar-refractivity contribution in [3.05, 3.63) is 11.1 Å². The second-order valence-corrected chi connectivity index (χ2v) is 3.50. The van der Waals surface area contributed by atoms with Gasteiger partial charge in [-0.3, -0.25) is 0 Å². The summed E-state index contributed by atoms with van der Waals surface area (Å²) in [7, 11) is 0. The second kappa shape index (κ2) is 2.42. The molecule has 1 heterocycles. The van der Waals surface area contributed by atoms with E-state index in [0.29, 0.717) is 0 Å². The van der Waals surface area contributed by atoms with E-state index in [0.717, 1.165) is 17.2 Å². The molecule has 1 atom stereocenters. The van der Waals surface area contributed by atoms with Crippen molar-refractivity contribution >= 4 is 11.2 Å². The van der Waals surface area contributed by atoms with Crippen molar-refractivity contribution in [2.45, 2.75) is 6.92 Å². The van der Waals surface area contributed by atoms with Gasteiger partial charge in [-0.05, 0) is 11.2 Å². The summed E-state index contributed by atoms with van der Waals surface area (Å²) in [4.78, 5) is 0.955. The summed E-state index contributed by atoms with van der Waals surface area (Å²) >= 11 is -0.686. The summed E-state index contributed by atoms with van der Waals surface area (Å²) < 4.78 is 10.8. The van der Waals surface area contributed by atoms with Crippen LogP contribution in [0.4, 0.5) is 0 Å². The van der Waals surface area contributed by atoms with E-state index in [-0.39, 0.29) is 0 Å². The lowest BCUT2D eigenvalue weighted by Crippen LogP contribution is -2.25. The minimum atomic E-state index is -0.686. The van der Waals surface area contributed by atoms with Crippen molar-refractivity contribution in [1.82, 2.24) is 5.32 Å². The van der Waals surface area contributed by atoms with Gasteiger partial charge in [0.1, 0.15) is 10.7 Å². The summed E-state index contributed by atoms with van der Waals surface area (Å²) in [5.41, 5.74) is 0. The fourth-order valence-corrected chi connectivity index (χ4v) is 1.43. The fraction of sp³-hybridized carbons (Fsp3) is 0.600. The number of allylic oxidation sites excluding steroid dienone is 1. The molecule has 0 saturated carbocycles. The first-order valence-corrected chi connectivity index (χ1v) is 3.91. The van der Waals surface area contributed by atoms with Crippen LogP contribution in [-0.2, 0) is 11.2 Å². The van der Waals surface area contributed by atoms with E-state index in [9.17, 15) is 4.55 Å². The van der Waals surface area contributed by atoms with Gasteiger partial charge in [-0.25, -0.2) is 0 Å². The minimum absolute atomic E-state index is 0.686. The molecule has 3 heteroatoms. The smallest absolute Gasteiger partial charge is 0.142 e. The van der Waals surface area contributed by atoms with E-state index in [1.807, 2.05) is 13.1 Å². The zero-order chi connectivity index (χ0) is 5.98. The molecule has 0 aromatic heterocycles. The van der Waals surface area contributed by atoms with E-state index in [1.165, 1.54) is 0 Å². The van der Waals surface area contributed by atoms with Gasteiger partial charge >= 0.3 is 0 Å². The van der Waals surface area contributed by atoms with Crippen molar-refractivity contribution in [3.63, 3.8) is 0 Å². The summed E-state index contributed by atoms with van der Waals surface area (Å²) in [5, 5.41) is 3.01. The molecule has 1 aliphatic heterocycles. The van der Waals surface area contributed by atoms with Crippen molar-refractivity contribution in [2.24, 2.45) is 0 Å². The predicted molar refractivity (Wildman–Crippen MR) is 34.8 cm³/mol. The maximum atomic E-state index is 10.8. The third-order valence-corrected chi connectivity index (χ3v) is 2.51. The quantitative estimate of drug-likeness (QED) is 0.477. The van der Waals surface area contributed by atoms with Crippen LogP contribution in [0.1, 0.15) is 6.92 Å². The van der Waals surface area contributed by atoms with Crippen molar-refractivity contribution in [1.29, 1.82) is 0 Å². The summed E-state index contributed by atoms with van der Waals surface area (Å²) in [5.74, 6) is 0.766. The Morgan fingerprint density at radius 3 is 3.00 bits per heavy atom. The van der Waals surface area contributed by atoms with Crippen molar-refractivity contribution in [2.75, 3.05) is 12.3 Å². The largest absolute Gasteiger partial charge is 0.612 e. The molecule has 1 N–H and O–H groups in total. The fourth-order valence-electron chi connectivity index (χ4n) is 0.594. The zero-order valence-electron chi connectivity index (χ0n) is 4.81. The highest BCUT2D eigenvalue weighted by Crippen LogP contribution is 2.07. The van der Waals surface area contributed by atoms with Gasteiger partial charge in [-0.15, -0.1) is 0 Å². The van der Waals surface area contributed by atoms with Gasteiger partial charge in [0, 0.05) is 13.1 Å². The van der Waals surface area contributed by atoms with Crippen molar-refractivity contribution < 1.29 is 4.55 Å². The molecule has 2 nitrogen and oxygen atoms in total. The Kier molecular flexibility index (Phi) is 1.81. The first kappa shape index (κ1) is 5.98. The number of hydrogen-bond acceptors (Lipinski definition) is 2. The molecule has 1 aliphatic rings. The Balaban J connectivity index is 2.53. The van der Waals surface area contributed by atoms with E-state index in [1.54, 1.807) is 0 Å². The summed E-state index contributed by atoms with van der Waals surface area (Å²) in [6.07, 6.45) is 1.82. The Labute approximate surface area is 52.1 Å². The monoisotopic (exact) mass is 131 g/mol. The van der Waals surface area contributed by atoms with Crippen LogP contribution in [0.15, 0.2) is 11.1 Å². The van der Waals surface area contributed by atoms with Crippen LogP contribution in [0.5, 0.6) is 0 Å². The Morgan fingerprint density at radius 1 is 1.88 bits per heavy atom. The third-order valence-electron chi connectivity index (χ3n) is 1.10. The second-order valence-electron chi connectivity index (χ2n) is 1.76. The molecule has 1 unspecified atom stereocenters. The lowest BCUT2D eigenvalue weighted by atomic mass is 10.6. The average molecular weight is 131 g/mol. The highest BCUT2D eigenvalue weighted by atomic mass is 32.2. The molecule has 0 amide bonds. The molecule has 1 rings (SSSR count). The minimum Gasteiger partial charge on any atom is -0.612 e. The number of rotatable bonds is 0. The van der Waals surface area contributed by atoms with Gasteiger partial charge < -0.3 is 9.87 Å². The topological polar surface area (TPSA) is 35.1 Å². The normalized spacial score (nSPS) is 28.8. The molecule has 0 fully saturated rings. The standard InChI is InChI=1S/C5H9NOS/c1-5-4-6-2-3-8(5)7/h4,6H,2-3H2,1H3. The van der Waals surface area contributed by atoms with E-state index in [4.69, 9.17) is 0 Å². The molecule has 0 bridgehead atoms. The first-order chi connectivity index (χ1) is 3.80. The van der Waals surface area contributed by atoms with E-state index >= 15 is 0 Å². The molecule has 0 aromatic carbocycles. The van der Waals surface area contributed by atoms with E-state index < -0.39 is 11.2 Å². The lowest BCUT2D eigenvalue weighted by Gasteiger charge is -2.14. The predicted octanol–water partition coefficient (Wildman–Crippen LogP) is 0.200. The van der Waals surface area contributed by atoms with Crippen molar-refractivity contribution in [3.8, 4) is 0 Å². The van der Waals surface area contributed by atoms with Gasteiger partial charge in [0.05, 0.1) is 6.54 Å². The zero-order valence-corrected chi connectivity index (χ0v) is 5.62. The van der Waals surface area contributed by atoms with Crippen LogP contribution in [0.25, 0.3) is 0 Å². The van der Waals surface area contributed by atoms with Gasteiger partial charge in [-0.1, -0.05) is 0 Å². The van der Waals surface area contributed by atoms with Gasteiger partial charge in [0.2, 0.25) is 0 Å². The molecule has 46 valence electrons. The van der Waals surface area contributed by atoms with Crippen LogP contribution in [0.2, 0.25) is 0 Å². The average Bonchev–Trinajstić information content (AvgIpc) is 1.77. The molecule has 0 spiro atoms.